The Hall–Kier alpha value is -0.830. The van der Waals surface area contributed by atoms with Crippen LogP contribution < -0.4 is 4.74 Å². The molecule has 2 nitrogen and oxygen atoms in total. The molecule has 3 heteroatoms. The fourth-order valence-electron chi connectivity index (χ4n) is 1.42. The lowest BCUT2D eigenvalue weighted by atomic mass is 10.1. The second-order valence-corrected chi connectivity index (χ2v) is 3.82. The van der Waals surface area contributed by atoms with Crippen LogP contribution in [0.2, 0.25) is 0 Å². The summed E-state index contributed by atoms with van der Waals surface area (Å²) in [4.78, 5) is 10.9. The second kappa shape index (κ2) is 3.50. The quantitative estimate of drug-likeness (QED) is 0.450. The summed E-state index contributed by atoms with van der Waals surface area (Å²) in [6.45, 7) is 0. The van der Waals surface area contributed by atoms with Crippen LogP contribution in [0.4, 0.5) is 0 Å². The fraction of sp³-hybridized carbons (Fsp3) is 0.300. The molecule has 0 unspecified atom stereocenters. The van der Waals surface area contributed by atoms with Gasteiger partial charge in [-0.3, -0.25) is 4.79 Å². The van der Waals surface area contributed by atoms with Crippen LogP contribution in [0.3, 0.4) is 0 Å². The Morgan fingerprint density at radius 3 is 3.08 bits per heavy atom. The van der Waals surface area contributed by atoms with Gasteiger partial charge in [0.2, 0.25) is 0 Å². The number of rotatable bonds is 2. The van der Waals surface area contributed by atoms with Crippen molar-refractivity contribution in [1.82, 2.24) is 0 Å². The molecule has 0 aliphatic carbocycles. The minimum Gasteiger partial charge on any atom is -0.426 e. The zero-order valence-corrected chi connectivity index (χ0v) is 8.63. The zero-order chi connectivity index (χ0) is 9.26. The minimum absolute atomic E-state index is 0.147. The number of halogens is 1. The molecule has 0 atom stereocenters. The maximum absolute atomic E-state index is 10.9. The molecule has 1 aliphatic rings. The van der Waals surface area contributed by atoms with Crippen molar-refractivity contribution < 1.29 is 9.53 Å². The third-order valence-electron chi connectivity index (χ3n) is 2.07. The van der Waals surface area contributed by atoms with Crippen molar-refractivity contribution in [3.63, 3.8) is 0 Å². The summed E-state index contributed by atoms with van der Waals surface area (Å²) in [6, 6.07) is 5.96. The Labute approximate surface area is 85.0 Å². The van der Waals surface area contributed by atoms with E-state index in [2.05, 4.69) is 15.9 Å². The van der Waals surface area contributed by atoms with Crippen LogP contribution in [0.5, 0.6) is 5.75 Å². The van der Waals surface area contributed by atoms with Crippen LogP contribution in [0.1, 0.15) is 11.1 Å². The lowest BCUT2D eigenvalue weighted by Gasteiger charge is -2.00. The molecule has 13 heavy (non-hydrogen) atoms. The van der Waals surface area contributed by atoms with Gasteiger partial charge in [-0.05, 0) is 18.1 Å². The van der Waals surface area contributed by atoms with E-state index in [9.17, 15) is 4.79 Å². The molecule has 68 valence electrons. The van der Waals surface area contributed by atoms with Crippen molar-refractivity contribution in [3.05, 3.63) is 29.3 Å². The number of esters is 1. The van der Waals surface area contributed by atoms with Gasteiger partial charge in [0.1, 0.15) is 5.75 Å². The Morgan fingerprint density at radius 1 is 1.46 bits per heavy atom. The number of benzene rings is 1. The summed E-state index contributed by atoms with van der Waals surface area (Å²) in [5, 5.41) is 0.930. The van der Waals surface area contributed by atoms with E-state index in [1.165, 1.54) is 5.56 Å². The maximum atomic E-state index is 10.9. The van der Waals surface area contributed by atoms with Crippen molar-refractivity contribution in [1.29, 1.82) is 0 Å². The maximum Gasteiger partial charge on any atom is 0.315 e. The van der Waals surface area contributed by atoms with Gasteiger partial charge >= 0.3 is 5.97 Å². The van der Waals surface area contributed by atoms with Crippen molar-refractivity contribution in [3.8, 4) is 5.75 Å². The molecule has 0 bridgehead atoms. The average molecular weight is 241 g/mol. The van der Waals surface area contributed by atoms with Gasteiger partial charge in [0, 0.05) is 10.9 Å². The number of alkyl halides is 1. The van der Waals surface area contributed by atoms with Gasteiger partial charge in [0.25, 0.3) is 0 Å². The number of hydrogen-bond acceptors (Lipinski definition) is 2. The number of fused-ring (bicyclic) bond motifs is 1. The van der Waals surface area contributed by atoms with E-state index in [-0.39, 0.29) is 5.97 Å². The number of aryl methyl sites for hydroxylation is 1. The number of carbonyl (C=O) groups excluding carboxylic acids is 1. The third-order valence-corrected chi connectivity index (χ3v) is 2.47. The molecule has 1 aromatic carbocycles. The Balaban J connectivity index is 2.29. The van der Waals surface area contributed by atoms with Crippen LogP contribution in [-0.4, -0.2) is 11.3 Å². The molecule has 1 aromatic rings. The predicted molar refractivity (Wildman–Crippen MR) is 53.3 cm³/mol. The fourth-order valence-corrected chi connectivity index (χ4v) is 1.88. The summed E-state index contributed by atoms with van der Waals surface area (Å²) in [5.74, 6) is 0.592. The zero-order valence-electron chi connectivity index (χ0n) is 7.05. The van der Waals surface area contributed by atoms with Gasteiger partial charge in [-0.2, -0.15) is 0 Å². The van der Waals surface area contributed by atoms with Crippen LogP contribution in [0, 0.1) is 0 Å². The van der Waals surface area contributed by atoms with E-state index in [4.69, 9.17) is 4.74 Å². The van der Waals surface area contributed by atoms with Crippen LogP contribution >= 0.6 is 15.9 Å². The normalized spacial score (nSPS) is 14.1. The molecule has 0 amide bonds. The average Bonchev–Trinajstić information content (AvgIpc) is 2.44. The highest BCUT2D eigenvalue weighted by Gasteiger charge is 2.19. The van der Waals surface area contributed by atoms with Gasteiger partial charge in [-0.15, -0.1) is 0 Å². The monoisotopic (exact) mass is 240 g/mol. The lowest BCUT2D eigenvalue weighted by molar-refractivity contribution is -0.131. The van der Waals surface area contributed by atoms with E-state index in [1.54, 1.807) is 0 Å². The summed E-state index contributed by atoms with van der Waals surface area (Å²) < 4.78 is 5.04. The number of carbonyl (C=O) groups is 1. The first-order valence-corrected chi connectivity index (χ1v) is 5.30. The molecule has 0 aromatic heterocycles. The van der Waals surface area contributed by atoms with E-state index in [1.807, 2.05) is 18.2 Å². The van der Waals surface area contributed by atoms with Crippen LogP contribution in [0.25, 0.3) is 0 Å². The van der Waals surface area contributed by atoms with Gasteiger partial charge in [0.15, 0.2) is 0 Å². The van der Waals surface area contributed by atoms with Crippen LogP contribution in [-0.2, 0) is 17.6 Å². The molecule has 0 saturated heterocycles. The van der Waals surface area contributed by atoms with Crippen molar-refractivity contribution in [2.45, 2.75) is 12.8 Å². The first-order chi connectivity index (χ1) is 6.29. The molecule has 1 heterocycles. The topological polar surface area (TPSA) is 26.3 Å². The molecule has 0 spiro atoms. The first kappa shape index (κ1) is 8.75. The molecule has 0 fully saturated rings. The summed E-state index contributed by atoms with van der Waals surface area (Å²) >= 11 is 3.37. The summed E-state index contributed by atoms with van der Waals surface area (Å²) in [5.41, 5.74) is 2.20. The van der Waals surface area contributed by atoms with Gasteiger partial charge < -0.3 is 4.74 Å². The molecule has 0 saturated carbocycles. The SMILES string of the molecule is O=C1Cc2ccc(CCBr)cc2O1. The van der Waals surface area contributed by atoms with E-state index < -0.39 is 0 Å². The molecular formula is C10H9BrO2. The van der Waals surface area contributed by atoms with Crippen molar-refractivity contribution in [2.24, 2.45) is 0 Å². The Bertz CT molecular complexity index is 347. The largest absolute Gasteiger partial charge is 0.426 e. The molecule has 1 aliphatic heterocycles. The summed E-state index contributed by atoms with van der Waals surface area (Å²) in [7, 11) is 0. The molecule has 2 rings (SSSR count). The number of ether oxygens (including phenoxy) is 1. The highest BCUT2D eigenvalue weighted by molar-refractivity contribution is 9.09. The highest BCUT2D eigenvalue weighted by Crippen LogP contribution is 2.27. The van der Waals surface area contributed by atoms with E-state index in [0.29, 0.717) is 6.42 Å². The molecule has 0 radical (unpaired) electrons. The Kier molecular flexibility index (Phi) is 2.36. The predicted octanol–water partition coefficient (Wildman–Crippen LogP) is 2.09. The molecule has 0 N–H and O–H groups in total. The number of hydrogen-bond donors (Lipinski definition) is 0. The van der Waals surface area contributed by atoms with E-state index >= 15 is 0 Å². The second-order valence-electron chi connectivity index (χ2n) is 3.03. The lowest BCUT2D eigenvalue weighted by Crippen LogP contribution is -2.00. The first-order valence-electron chi connectivity index (χ1n) is 4.18. The van der Waals surface area contributed by atoms with Gasteiger partial charge in [0.05, 0.1) is 6.42 Å². The Morgan fingerprint density at radius 2 is 2.31 bits per heavy atom. The smallest absolute Gasteiger partial charge is 0.315 e. The molecular weight excluding hydrogens is 232 g/mol. The van der Waals surface area contributed by atoms with Crippen molar-refractivity contribution >= 4 is 21.9 Å². The van der Waals surface area contributed by atoms with Gasteiger partial charge in [-0.25, -0.2) is 0 Å². The third kappa shape index (κ3) is 1.75. The van der Waals surface area contributed by atoms with Crippen molar-refractivity contribution in [2.75, 3.05) is 5.33 Å². The van der Waals surface area contributed by atoms with Crippen LogP contribution in [0.15, 0.2) is 18.2 Å². The summed E-state index contributed by atoms with van der Waals surface area (Å²) in [6.07, 6.45) is 1.38. The minimum atomic E-state index is -0.147. The highest BCUT2D eigenvalue weighted by atomic mass is 79.9. The van der Waals surface area contributed by atoms with E-state index in [0.717, 1.165) is 23.1 Å². The van der Waals surface area contributed by atoms with Gasteiger partial charge in [-0.1, -0.05) is 28.1 Å². The standard InChI is InChI=1S/C10H9BrO2/c11-4-3-7-1-2-8-6-10(12)13-9(8)5-7/h1-2,5H,3-4,6H2.